The number of rotatable bonds is 6. The van der Waals surface area contributed by atoms with Crippen LogP contribution in [0.1, 0.15) is 24.6 Å². The summed E-state index contributed by atoms with van der Waals surface area (Å²) in [7, 11) is 0. The van der Waals surface area contributed by atoms with E-state index in [9.17, 15) is 0 Å². The number of aromatic nitrogens is 2. The third kappa shape index (κ3) is 3.44. The minimum atomic E-state index is 0.263. The first-order valence-corrected chi connectivity index (χ1v) is 6.58. The van der Waals surface area contributed by atoms with Crippen LogP contribution in [0.3, 0.4) is 0 Å². The van der Waals surface area contributed by atoms with Gasteiger partial charge in [-0.2, -0.15) is 0 Å². The van der Waals surface area contributed by atoms with Gasteiger partial charge in [-0.3, -0.25) is 4.98 Å². The zero-order valence-corrected chi connectivity index (χ0v) is 10.9. The van der Waals surface area contributed by atoms with Crippen molar-refractivity contribution in [2.75, 3.05) is 0 Å². The highest BCUT2D eigenvalue weighted by Gasteiger charge is 2.05. The Balaban J connectivity index is 1.95. The maximum Gasteiger partial charge on any atom is 0.0270 e. The summed E-state index contributed by atoms with van der Waals surface area (Å²) in [5, 5.41) is 0. The van der Waals surface area contributed by atoms with Crippen LogP contribution in [0.4, 0.5) is 0 Å². The topological polar surface area (TPSA) is 43.8 Å². The maximum atomic E-state index is 6.02. The van der Waals surface area contributed by atoms with E-state index in [2.05, 4.69) is 46.9 Å². The lowest BCUT2D eigenvalue weighted by atomic mass is 10.1. The van der Waals surface area contributed by atoms with Crippen molar-refractivity contribution < 1.29 is 0 Å². The van der Waals surface area contributed by atoms with E-state index in [0.717, 1.165) is 25.8 Å². The third-order valence-corrected chi connectivity index (χ3v) is 3.31. The molecule has 2 N–H and O–H groups in total. The molecule has 0 aromatic carbocycles. The van der Waals surface area contributed by atoms with Gasteiger partial charge in [0.1, 0.15) is 0 Å². The predicted octanol–water partition coefficient (Wildman–Crippen LogP) is 2.41. The molecule has 2 rings (SSSR count). The summed E-state index contributed by atoms with van der Waals surface area (Å²) in [6.45, 7) is 3.14. The van der Waals surface area contributed by atoms with Crippen LogP contribution in [0.2, 0.25) is 0 Å². The molecule has 3 nitrogen and oxygen atoms in total. The van der Waals surface area contributed by atoms with Gasteiger partial charge >= 0.3 is 0 Å². The Morgan fingerprint density at radius 2 is 2.06 bits per heavy atom. The van der Waals surface area contributed by atoms with Crippen molar-refractivity contribution in [3.05, 3.63) is 54.1 Å². The third-order valence-electron chi connectivity index (χ3n) is 3.31. The average Bonchev–Trinajstić information content (AvgIpc) is 2.84. The van der Waals surface area contributed by atoms with Gasteiger partial charge in [0.25, 0.3) is 0 Å². The summed E-state index contributed by atoms with van der Waals surface area (Å²) >= 11 is 0. The van der Waals surface area contributed by atoms with Crippen molar-refractivity contribution in [2.45, 2.75) is 38.8 Å². The molecule has 0 saturated carbocycles. The van der Waals surface area contributed by atoms with Crippen LogP contribution in [-0.4, -0.2) is 15.6 Å². The molecule has 3 heteroatoms. The van der Waals surface area contributed by atoms with Crippen LogP contribution in [0.25, 0.3) is 0 Å². The van der Waals surface area contributed by atoms with E-state index in [1.54, 1.807) is 0 Å². The van der Waals surface area contributed by atoms with Gasteiger partial charge in [0, 0.05) is 43.3 Å². The molecule has 1 unspecified atom stereocenters. The van der Waals surface area contributed by atoms with E-state index in [4.69, 9.17) is 5.73 Å². The largest absolute Gasteiger partial charge is 0.351 e. The molecule has 96 valence electrons. The van der Waals surface area contributed by atoms with Gasteiger partial charge in [-0.25, -0.2) is 0 Å². The van der Waals surface area contributed by atoms with Gasteiger partial charge < -0.3 is 10.3 Å². The van der Waals surface area contributed by atoms with Gasteiger partial charge in [0.05, 0.1) is 0 Å². The van der Waals surface area contributed by atoms with Crippen LogP contribution in [0, 0.1) is 0 Å². The Hall–Kier alpha value is -1.61. The highest BCUT2D eigenvalue weighted by Crippen LogP contribution is 2.08. The molecule has 1 atom stereocenters. The van der Waals surface area contributed by atoms with Crippen molar-refractivity contribution in [2.24, 2.45) is 5.73 Å². The van der Waals surface area contributed by atoms with Crippen molar-refractivity contribution in [1.82, 2.24) is 9.55 Å². The molecule has 2 aromatic rings. The molecule has 2 heterocycles. The summed E-state index contributed by atoms with van der Waals surface area (Å²) < 4.78 is 2.30. The van der Waals surface area contributed by atoms with Gasteiger partial charge in [-0.15, -0.1) is 0 Å². The van der Waals surface area contributed by atoms with Crippen LogP contribution < -0.4 is 5.73 Å². The lowest BCUT2D eigenvalue weighted by Gasteiger charge is -2.12. The highest BCUT2D eigenvalue weighted by atomic mass is 15.0. The molecular formula is C15H21N3. The second kappa shape index (κ2) is 6.36. The van der Waals surface area contributed by atoms with E-state index in [0.29, 0.717) is 0 Å². The number of nitrogens with zero attached hydrogens (tertiary/aromatic N) is 2. The molecule has 0 aliphatic heterocycles. The Kier molecular flexibility index (Phi) is 4.53. The maximum absolute atomic E-state index is 6.02. The first-order valence-electron chi connectivity index (χ1n) is 6.58. The summed E-state index contributed by atoms with van der Waals surface area (Å²) in [5.41, 5.74) is 8.67. The number of aryl methyl sites for hydroxylation is 2. The van der Waals surface area contributed by atoms with Gasteiger partial charge in [0.2, 0.25) is 0 Å². The number of nitrogens with two attached hydrogens (primary N) is 1. The summed E-state index contributed by atoms with van der Waals surface area (Å²) in [4.78, 5) is 4.04. The average molecular weight is 243 g/mol. The van der Waals surface area contributed by atoms with Crippen LogP contribution in [-0.2, 0) is 19.4 Å². The molecule has 0 bridgehead atoms. The fraction of sp³-hybridized carbons (Fsp3) is 0.400. The van der Waals surface area contributed by atoms with Gasteiger partial charge in [0.15, 0.2) is 0 Å². The first-order chi connectivity index (χ1) is 8.79. The fourth-order valence-corrected chi connectivity index (χ4v) is 2.06. The predicted molar refractivity (Wildman–Crippen MR) is 74.3 cm³/mol. The van der Waals surface area contributed by atoms with E-state index >= 15 is 0 Å². The molecule has 0 radical (unpaired) electrons. The fourth-order valence-electron chi connectivity index (χ4n) is 2.06. The van der Waals surface area contributed by atoms with Crippen molar-refractivity contribution in [3.63, 3.8) is 0 Å². The van der Waals surface area contributed by atoms with Crippen molar-refractivity contribution in [3.8, 4) is 0 Å². The van der Waals surface area contributed by atoms with Gasteiger partial charge in [-0.1, -0.05) is 6.92 Å². The Labute approximate surface area is 109 Å². The van der Waals surface area contributed by atoms with E-state index in [-0.39, 0.29) is 6.04 Å². The molecule has 0 saturated heterocycles. The first kappa shape index (κ1) is 12.8. The molecule has 0 aliphatic carbocycles. The molecule has 2 aromatic heterocycles. The molecule has 0 fully saturated rings. The quantitative estimate of drug-likeness (QED) is 0.846. The van der Waals surface area contributed by atoms with Crippen LogP contribution in [0.15, 0.2) is 42.9 Å². The minimum Gasteiger partial charge on any atom is -0.351 e. The number of hydrogen-bond donors (Lipinski definition) is 1. The lowest BCUT2D eigenvalue weighted by Crippen LogP contribution is -2.23. The van der Waals surface area contributed by atoms with Gasteiger partial charge in [-0.05, 0) is 42.7 Å². The minimum absolute atomic E-state index is 0.263. The second-order valence-corrected chi connectivity index (χ2v) is 4.67. The Bertz CT molecular complexity index is 462. The second-order valence-electron chi connectivity index (χ2n) is 4.67. The number of pyridine rings is 1. The normalized spacial score (nSPS) is 12.6. The molecule has 0 spiro atoms. The summed E-state index contributed by atoms with van der Waals surface area (Å²) in [5.74, 6) is 0. The SMILES string of the molecule is CCC(N)Cc1cccn1CCc1ccncc1. The van der Waals surface area contributed by atoms with Crippen molar-refractivity contribution >= 4 is 0 Å². The molecule has 0 amide bonds. The smallest absolute Gasteiger partial charge is 0.0270 e. The molecular weight excluding hydrogens is 222 g/mol. The Morgan fingerprint density at radius 1 is 1.28 bits per heavy atom. The molecule has 0 aliphatic rings. The van der Waals surface area contributed by atoms with E-state index in [1.165, 1.54) is 11.3 Å². The zero-order chi connectivity index (χ0) is 12.8. The monoisotopic (exact) mass is 243 g/mol. The van der Waals surface area contributed by atoms with Crippen LogP contribution >= 0.6 is 0 Å². The standard InChI is InChI=1S/C15H21N3/c1-2-14(16)12-15-4-3-10-18(15)11-7-13-5-8-17-9-6-13/h3-6,8-10,14H,2,7,11-12,16H2,1H3. The highest BCUT2D eigenvalue weighted by molar-refractivity contribution is 5.12. The van der Waals surface area contributed by atoms with Crippen molar-refractivity contribution in [1.29, 1.82) is 0 Å². The zero-order valence-electron chi connectivity index (χ0n) is 10.9. The Morgan fingerprint density at radius 3 is 2.78 bits per heavy atom. The number of hydrogen-bond acceptors (Lipinski definition) is 2. The van der Waals surface area contributed by atoms with E-state index in [1.807, 2.05) is 12.4 Å². The molecule has 18 heavy (non-hydrogen) atoms. The summed E-state index contributed by atoms with van der Waals surface area (Å²) in [6.07, 6.45) is 8.84. The lowest BCUT2D eigenvalue weighted by molar-refractivity contribution is 0.591. The van der Waals surface area contributed by atoms with Crippen LogP contribution in [0.5, 0.6) is 0 Å². The van der Waals surface area contributed by atoms with E-state index < -0.39 is 0 Å². The summed E-state index contributed by atoms with van der Waals surface area (Å²) in [6, 6.07) is 8.67.